The Bertz CT molecular complexity index is 1240. The lowest BCUT2D eigenvalue weighted by atomic mass is 10.2. The quantitative estimate of drug-likeness (QED) is 0.281. The van der Waals surface area contributed by atoms with Crippen LogP contribution in [-0.4, -0.2) is 16.0 Å². The normalized spacial score (nSPS) is 15.6. The molecule has 1 N–H and O–H groups in total. The number of thioether (sulfide) groups is 1. The third-order valence-corrected chi connectivity index (χ3v) is 5.84. The van der Waals surface area contributed by atoms with Crippen molar-refractivity contribution in [1.82, 2.24) is 5.32 Å². The van der Waals surface area contributed by atoms with Gasteiger partial charge in [0.2, 0.25) is 0 Å². The molecule has 0 radical (unpaired) electrons. The van der Waals surface area contributed by atoms with Crippen molar-refractivity contribution < 1.29 is 14.5 Å². The van der Waals surface area contributed by atoms with Gasteiger partial charge in [0, 0.05) is 12.1 Å². The average Bonchev–Trinajstić information content (AvgIpc) is 3.17. The van der Waals surface area contributed by atoms with Gasteiger partial charge in [-0.15, -0.1) is 0 Å². The van der Waals surface area contributed by atoms with Crippen molar-refractivity contribution in [2.75, 3.05) is 0 Å². The number of ether oxygens (including phenoxy) is 1. The topological polar surface area (TPSA) is 93.8 Å². The number of aliphatic imine (C=N–C) groups is 1. The summed E-state index contributed by atoms with van der Waals surface area (Å²) in [6.07, 6.45) is 2.76. The van der Waals surface area contributed by atoms with Gasteiger partial charge in [-0.1, -0.05) is 43.3 Å². The summed E-state index contributed by atoms with van der Waals surface area (Å²) in [6.45, 7) is 2.32. The zero-order chi connectivity index (χ0) is 23.2. The Balaban J connectivity index is 1.39. The first kappa shape index (κ1) is 22.3. The van der Waals surface area contributed by atoms with Crippen LogP contribution >= 0.6 is 11.8 Å². The molecule has 166 valence electrons. The first-order chi connectivity index (χ1) is 16.0. The van der Waals surface area contributed by atoms with Crippen LogP contribution in [0.3, 0.4) is 0 Å². The summed E-state index contributed by atoms with van der Waals surface area (Å²) in [5.41, 5.74) is 3.63. The van der Waals surface area contributed by atoms with Crippen LogP contribution in [0, 0.1) is 10.1 Å². The first-order valence-corrected chi connectivity index (χ1v) is 11.2. The molecule has 3 aromatic rings. The molecular weight excluding hydrogens is 438 g/mol. The fraction of sp³-hybridized carbons (Fsp3) is 0.120. The van der Waals surface area contributed by atoms with E-state index in [0.29, 0.717) is 21.4 Å². The van der Waals surface area contributed by atoms with E-state index in [9.17, 15) is 14.9 Å². The Morgan fingerprint density at radius 1 is 1.06 bits per heavy atom. The van der Waals surface area contributed by atoms with Crippen LogP contribution in [0.4, 0.5) is 11.4 Å². The van der Waals surface area contributed by atoms with Gasteiger partial charge in [-0.25, -0.2) is 4.99 Å². The molecule has 1 aliphatic heterocycles. The Kier molecular flexibility index (Phi) is 6.85. The molecule has 1 heterocycles. The Labute approximate surface area is 195 Å². The molecule has 1 amide bonds. The Morgan fingerprint density at radius 3 is 2.52 bits per heavy atom. The first-order valence-electron chi connectivity index (χ1n) is 10.3. The van der Waals surface area contributed by atoms with E-state index in [1.165, 1.54) is 29.5 Å². The molecule has 3 aromatic carbocycles. The predicted molar refractivity (Wildman–Crippen MR) is 130 cm³/mol. The second kappa shape index (κ2) is 10.1. The van der Waals surface area contributed by atoms with Gasteiger partial charge < -0.3 is 10.1 Å². The lowest BCUT2D eigenvalue weighted by Gasteiger charge is -2.06. The van der Waals surface area contributed by atoms with E-state index in [0.717, 1.165) is 17.7 Å². The lowest BCUT2D eigenvalue weighted by molar-refractivity contribution is -0.384. The molecule has 0 unspecified atom stereocenters. The van der Waals surface area contributed by atoms with Gasteiger partial charge in [0.05, 0.1) is 15.5 Å². The highest BCUT2D eigenvalue weighted by molar-refractivity contribution is 8.18. The van der Waals surface area contributed by atoms with Crippen molar-refractivity contribution >= 4 is 40.3 Å². The molecule has 1 saturated heterocycles. The molecule has 1 fully saturated rings. The molecular formula is C25H21N3O4S. The molecule has 0 spiro atoms. The van der Waals surface area contributed by atoms with Gasteiger partial charge in [0.25, 0.3) is 11.6 Å². The molecule has 1 aliphatic rings. The van der Waals surface area contributed by atoms with Crippen LogP contribution in [-0.2, 0) is 17.8 Å². The van der Waals surface area contributed by atoms with Crippen molar-refractivity contribution in [1.29, 1.82) is 0 Å². The fourth-order valence-electron chi connectivity index (χ4n) is 3.14. The zero-order valence-electron chi connectivity index (χ0n) is 17.9. The molecule has 0 atom stereocenters. The van der Waals surface area contributed by atoms with Crippen molar-refractivity contribution in [3.63, 3.8) is 0 Å². The van der Waals surface area contributed by atoms with E-state index >= 15 is 0 Å². The highest BCUT2D eigenvalue weighted by Crippen LogP contribution is 2.28. The van der Waals surface area contributed by atoms with Gasteiger partial charge in [-0.3, -0.25) is 14.9 Å². The summed E-state index contributed by atoms with van der Waals surface area (Å²) < 4.78 is 5.73. The summed E-state index contributed by atoms with van der Waals surface area (Å²) in [6, 6.07) is 21.6. The molecule has 0 bridgehead atoms. The Morgan fingerprint density at radius 2 is 1.82 bits per heavy atom. The number of amides is 1. The van der Waals surface area contributed by atoms with Crippen LogP contribution in [0.2, 0.25) is 0 Å². The van der Waals surface area contributed by atoms with Crippen molar-refractivity contribution in [3.8, 4) is 5.75 Å². The van der Waals surface area contributed by atoms with Gasteiger partial charge in [0.1, 0.15) is 12.4 Å². The van der Waals surface area contributed by atoms with Crippen molar-refractivity contribution in [2.24, 2.45) is 4.99 Å². The number of nitro benzene ring substituents is 1. The van der Waals surface area contributed by atoms with Gasteiger partial charge >= 0.3 is 0 Å². The van der Waals surface area contributed by atoms with E-state index < -0.39 is 4.92 Å². The van der Waals surface area contributed by atoms with Gasteiger partial charge in [-0.05, 0) is 65.2 Å². The molecule has 8 heteroatoms. The summed E-state index contributed by atoms with van der Waals surface area (Å²) in [7, 11) is 0. The van der Waals surface area contributed by atoms with Gasteiger partial charge in [0.15, 0.2) is 5.17 Å². The fourth-order valence-corrected chi connectivity index (χ4v) is 3.98. The number of hydrogen-bond acceptors (Lipinski definition) is 6. The molecule has 7 nitrogen and oxygen atoms in total. The predicted octanol–water partition coefficient (Wildman–Crippen LogP) is 5.63. The number of rotatable bonds is 7. The molecule has 33 heavy (non-hydrogen) atoms. The highest BCUT2D eigenvalue weighted by Gasteiger charge is 2.23. The number of carbonyl (C=O) groups is 1. The number of nitrogens with one attached hydrogen (secondary N) is 1. The standard InChI is InChI=1S/C25H21N3O4S/c1-2-17-6-10-20(11-7-17)26-25-27-24(29)23(33-25)15-18-8-12-22(13-9-18)32-16-19-4-3-5-21(14-19)28(30)31/h3-15H,2,16H2,1H3,(H,26,27,29)/b23-15-. The largest absolute Gasteiger partial charge is 0.489 e. The van der Waals surface area contributed by atoms with E-state index in [2.05, 4.69) is 17.2 Å². The number of nitro groups is 1. The highest BCUT2D eigenvalue weighted by atomic mass is 32.2. The summed E-state index contributed by atoms with van der Waals surface area (Å²) >= 11 is 1.30. The lowest BCUT2D eigenvalue weighted by Crippen LogP contribution is -2.19. The minimum atomic E-state index is -0.429. The van der Waals surface area contributed by atoms with E-state index in [1.54, 1.807) is 30.3 Å². The maximum absolute atomic E-state index is 12.3. The second-order valence-corrected chi connectivity index (χ2v) is 8.32. The Hall–Kier alpha value is -3.91. The van der Waals surface area contributed by atoms with Crippen LogP contribution in [0.15, 0.2) is 82.7 Å². The smallest absolute Gasteiger partial charge is 0.269 e. The van der Waals surface area contributed by atoms with E-state index in [1.807, 2.05) is 36.4 Å². The molecule has 0 aliphatic carbocycles. The number of nitrogens with zero attached hydrogens (tertiary/aromatic N) is 2. The zero-order valence-corrected chi connectivity index (χ0v) is 18.7. The van der Waals surface area contributed by atoms with Crippen LogP contribution < -0.4 is 10.1 Å². The number of aryl methyl sites for hydroxylation is 1. The maximum Gasteiger partial charge on any atom is 0.269 e. The molecule has 4 rings (SSSR count). The number of carbonyl (C=O) groups excluding carboxylic acids is 1. The van der Waals surface area contributed by atoms with E-state index in [4.69, 9.17) is 4.74 Å². The van der Waals surface area contributed by atoms with Crippen LogP contribution in [0.25, 0.3) is 6.08 Å². The monoisotopic (exact) mass is 459 g/mol. The van der Waals surface area contributed by atoms with Crippen LogP contribution in [0.5, 0.6) is 5.75 Å². The second-order valence-electron chi connectivity index (χ2n) is 7.29. The molecule has 0 aromatic heterocycles. The van der Waals surface area contributed by atoms with E-state index in [-0.39, 0.29) is 18.2 Å². The minimum absolute atomic E-state index is 0.0336. The van der Waals surface area contributed by atoms with Crippen molar-refractivity contribution in [2.45, 2.75) is 20.0 Å². The third kappa shape index (κ3) is 5.87. The molecule has 0 saturated carbocycles. The summed E-state index contributed by atoms with van der Waals surface area (Å²) in [4.78, 5) is 27.8. The van der Waals surface area contributed by atoms with Crippen molar-refractivity contribution in [3.05, 3.63) is 105 Å². The number of amidine groups is 1. The summed E-state index contributed by atoms with van der Waals surface area (Å²) in [5.74, 6) is 0.444. The number of hydrogen-bond donors (Lipinski definition) is 1. The minimum Gasteiger partial charge on any atom is -0.489 e. The summed E-state index contributed by atoms with van der Waals surface area (Å²) in [5, 5.41) is 14.2. The average molecular weight is 460 g/mol. The number of non-ortho nitro benzene ring substituents is 1. The maximum atomic E-state index is 12.3. The van der Waals surface area contributed by atoms with Crippen LogP contribution in [0.1, 0.15) is 23.6 Å². The van der Waals surface area contributed by atoms with Gasteiger partial charge in [-0.2, -0.15) is 0 Å². The SMILES string of the molecule is CCc1ccc(N=C2NC(=O)/C(=C/c3ccc(OCc4cccc([N+](=O)[O-])c4)cc3)S2)cc1. The third-order valence-electron chi connectivity index (χ3n) is 4.93. The number of benzene rings is 3.